The molecule has 9 rings (SSSR count). The Morgan fingerprint density at radius 2 is 1.46 bits per heavy atom. The summed E-state index contributed by atoms with van der Waals surface area (Å²) in [5.41, 5.74) is 20.3. The average Bonchev–Trinajstić information content (AvgIpc) is 3.56. The van der Waals surface area contributed by atoms with Crippen LogP contribution in [0.5, 0.6) is 0 Å². The van der Waals surface area contributed by atoms with Crippen LogP contribution < -0.4 is 25.5 Å². The number of nitrogens with zero attached hydrogens (tertiary/aromatic N) is 2. The molecule has 0 N–H and O–H groups in total. The zero-order valence-corrected chi connectivity index (χ0v) is 34.6. The van der Waals surface area contributed by atoms with E-state index in [1.807, 2.05) is 0 Å². The van der Waals surface area contributed by atoms with Crippen LogP contribution in [0.25, 0.3) is 11.1 Å². The van der Waals surface area contributed by atoms with Gasteiger partial charge in [0.2, 0.25) is 0 Å². The number of anilines is 6. The van der Waals surface area contributed by atoms with Gasteiger partial charge in [0.15, 0.2) is 0 Å². The van der Waals surface area contributed by atoms with Gasteiger partial charge >= 0.3 is 0 Å². The van der Waals surface area contributed by atoms with Gasteiger partial charge in [-0.1, -0.05) is 122 Å². The second-order valence-electron chi connectivity index (χ2n) is 18.3. The molecule has 3 aliphatic rings. The van der Waals surface area contributed by atoms with Gasteiger partial charge in [0.25, 0.3) is 6.71 Å². The number of fused-ring (bicyclic) bond motifs is 6. The van der Waals surface area contributed by atoms with E-state index >= 15 is 0 Å². The first-order chi connectivity index (χ1) is 25.7. The van der Waals surface area contributed by atoms with Crippen LogP contribution >= 0.6 is 11.3 Å². The van der Waals surface area contributed by atoms with Crippen molar-refractivity contribution in [2.24, 2.45) is 0 Å². The Morgan fingerprint density at radius 3 is 2.15 bits per heavy atom. The SMILES string of the molecule is Cc1cc2c3c(c1)N(c1ccc(C(C)(C)C)cc1)c1c(sc4c1C(C)(C)CCC4C)B3c1cc(C(C)C)ccc1N2c1cc(-c2ccccc2)ccc1C. The highest BCUT2D eigenvalue weighted by Crippen LogP contribution is 2.55. The Morgan fingerprint density at radius 1 is 0.759 bits per heavy atom. The molecule has 0 spiro atoms. The smallest absolute Gasteiger partial charge is 0.264 e. The number of thiophene rings is 1. The third-order valence-corrected chi connectivity index (χ3v) is 14.1. The lowest BCUT2D eigenvalue weighted by Gasteiger charge is -2.45. The zero-order valence-electron chi connectivity index (χ0n) is 33.8. The Kier molecular flexibility index (Phi) is 8.14. The largest absolute Gasteiger partial charge is 0.311 e. The lowest BCUT2D eigenvalue weighted by Crippen LogP contribution is -2.60. The van der Waals surface area contributed by atoms with Crippen LogP contribution in [-0.2, 0) is 10.8 Å². The first-order valence-electron chi connectivity index (χ1n) is 20.0. The maximum atomic E-state index is 2.68. The molecule has 1 aromatic heterocycles. The second-order valence-corrected chi connectivity index (χ2v) is 19.4. The Bertz CT molecular complexity index is 2430. The van der Waals surface area contributed by atoms with Gasteiger partial charge in [-0.2, -0.15) is 11.3 Å². The van der Waals surface area contributed by atoms with Crippen molar-refractivity contribution in [2.75, 3.05) is 9.80 Å². The van der Waals surface area contributed by atoms with Crippen LogP contribution in [0.1, 0.15) is 113 Å². The van der Waals surface area contributed by atoms with E-state index in [4.69, 9.17) is 0 Å². The second kappa shape index (κ2) is 12.5. The normalized spacial score (nSPS) is 16.9. The highest BCUT2D eigenvalue weighted by atomic mass is 32.1. The zero-order chi connectivity index (χ0) is 37.8. The first kappa shape index (κ1) is 35.2. The monoisotopic (exact) mass is 724 g/mol. The van der Waals surface area contributed by atoms with Crippen molar-refractivity contribution >= 4 is 67.9 Å². The summed E-state index contributed by atoms with van der Waals surface area (Å²) >= 11 is 2.11. The number of hydrogen-bond acceptors (Lipinski definition) is 3. The minimum atomic E-state index is 0.0813. The molecule has 2 nitrogen and oxygen atoms in total. The number of rotatable bonds is 4. The molecule has 1 unspecified atom stereocenters. The summed E-state index contributed by atoms with van der Waals surface area (Å²) in [6.07, 6.45) is 2.44. The predicted molar refractivity (Wildman–Crippen MR) is 237 cm³/mol. The van der Waals surface area contributed by atoms with Gasteiger partial charge in [0.05, 0.1) is 5.69 Å². The molecule has 5 aromatic carbocycles. The Hall–Kier alpha value is -4.54. The molecule has 0 saturated heterocycles. The molecule has 1 aliphatic carbocycles. The summed E-state index contributed by atoms with van der Waals surface area (Å²) in [6, 6.07) is 39.7. The van der Waals surface area contributed by atoms with E-state index in [1.54, 1.807) is 10.4 Å². The number of aryl methyl sites for hydroxylation is 2. The molecular weight excluding hydrogens is 671 g/mol. The van der Waals surface area contributed by atoms with Crippen LogP contribution in [0.4, 0.5) is 34.1 Å². The van der Waals surface area contributed by atoms with Crippen molar-refractivity contribution in [2.45, 2.75) is 105 Å². The highest BCUT2D eigenvalue weighted by Gasteiger charge is 2.49. The number of benzene rings is 5. The molecule has 4 heteroatoms. The van der Waals surface area contributed by atoms with Gasteiger partial charge in [-0.25, -0.2) is 0 Å². The van der Waals surface area contributed by atoms with E-state index in [0.29, 0.717) is 11.8 Å². The van der Waals surface area contributed by atoms with E-state index < -0.39 is 0 Å². The minimum absolute atomic E-state index is 0.0813. The Labute approximate surface area is 328 Å². The highest BCUT2D eigenvalue weighted by molar-refractivity contribution is 7.29. The summed E-state index contributed by atoms with van der Waals surface area (Å²) < 4.78 is 1.51. The maximum Gasteiger partial charge on any atom is 0.264 e. The van der Waals surface area contributed by atoms with E-state index in [1.165, 1.54) is 96.0 Å². The van der Waals surface area contributed by atoms with Crippen molar-refractivity contribution in [1.82, 2.24) is 0 Å². The molecule has 54 heavy (non-hydrogen) atoms. The van der Waals surface area contributed by atoms with E-state index in [-0.39, 0.29) is 17.5 Å². The van der Waals surface area contributed by atoms with E-state index in [9.17, 15) is 0 Å². The van der Waals surface area contributed by atoms with Crippen molar-refractivity contribution in [3.63, 3.8) is 0 Å². The summed E-state index contributed by atoms with van der Waals surface area (Å²) in [6.45, 7) is 23.8. The van der Waals surface area contributed by atoms with Gasteiger partial charge in [0.1, 0.15) is 0 Å². The minimum Gasteiger partial charge on any atom is -0.311 e. The molecule has 0 saturated carbocycles. The van der Waals surface area contributed by atoms with Gasteiger partial charge in [-0.05, 0) is 136 Å². The number of hydrogen-bond donors (Lipinski definition) is 0. The molecule has 3 heterocycles. The van der Waals surface area contributed by atoms with Gasteiger partial charge in [-0.15, -0.1) is 0 Å². The molecule has 0 radical (unpaired) electrons. The van der Waals surface area contributed by atoms with Gasteiger partial charge in [-0.3, -0.25) is 0 Å². The molecule has 0 amide bonds. The van der Waals surface area contributed by atoms with Crippen molar-refractivity contribution in [1.29, 1.82) is 0 Å². The Balaban J connectivity index is 1.38. The van der Waals surface area contributed by atoms with Crippen molar-refractivity contribution in [3.8, 4) is 11.1 Å². The lowest BCUT2D eigenvalue weighted by molar-refractivity contribution is 0.409. The van der Waals surface area contributed by atoms with Gasteiger partial charge < -0.3 is 9.80 Å². The third-order valence-electron chi connectivity index (χ3n) is 12.6. The average molecular weight is 725 g/mol. The summed E-state index contributed by atoms with van der Waals surface area (Å²) in [4.78, 5) is 6.88. The molecule has 0 fully saturated rings. The standard InChI is InChI=1S/C50H53BN2S/c1-30(2)35-18-23-40-39(28-35)51-45-42(26-31(3)27-43(45)53(40)41-29-36(17-16-32(41)4)34-14-12-11-13-15-34)52(38-21-19-37(20-22-38)49(6,7)8)46-44-47(54-48(46)51)33(5)24-25-50(44,9)10/h11-23,26-30,33H,24-25H2,1-10H3. The van der Waals surface area contributed by atoms with Crippen LogP contribution in [-0.4, -0.2) is 6.71 Å². The molecule has 272 valence electrons. The summed E-state index contributed by atoms with van der Waals surface area (Å²) in [7, 11) is 0. The molecule has 1 atom stereocenters. The fraction of sp³-hybridized carbons (Fsp3) is 0.320. The van der Waals surface area contributed by atoms with Gasteiger partial charge in [0, 0.05) is 38.1 Å². The van der Waals surface area contributed by atoms with Crippen LogP contribution in [0.15, 0.2) is 103 Å². The molecule has 6 aromatic rings. The lowest BCUT2D eigenvalue weighted by atomic mass is 9.35. The van der Waals surface area contributed by atoms with Crippen LogP contribution in [0, 0.1) is 13.8 Å². The quantitative estimate of drug-likeness (QED) is 0.167. The van der Waals surface area contributed by atoms with Crippen molar-refractivity contribution in [3.05, 3.63) is 136 Å². The molecular formula is C50H53BN2S. The predicted octanol–water partition coefficient (Wildman–Crippen LogP) is 12.7. The summed E-state index contributed by atoms with van der Waals surface area (Å²) in [5.74, 6) is 0.977. The maximum absolute atomic E-state index is 2.68. The third kappa shape index (κ3) is 5.42. The van der Waals surface area contributed by atoms with E-state index in [0.717, 1.165) is 0 Å². The molecule has 0 bridgehead atoms. The van der Waals surface area contributed by atoms with Crippen molar-refractivity contribution < 1.29 is 0 Å². The van der Waals surface area contributed by atoms with Crippen LogP contribution in [0.3, 0.4) is 0 Å². The first-order valence-corrected chi connectivity index (χ1v) is 20.9. The summed E-state index contributed by atoms with van der Waals surface area (Å²) in [5, 5.41) is 0. The molecule has 2 aliphatic heterocycles. The fourth-order valence-electron chi connectivity index (χ4n) is 9.48. The topological polar surface area (TPSA) is 6.48 Å². The van der Waals surface area contributed by atoms with E-state index in [2.05, 4.69) is 194 Å². The van der Waals surface area contributed by atoms with Crippen LogP contribution in [0.2, 0.25) is 0 Å². The fourth-order valence-corrected chi connectivity index (χ4v) is 11.2.